The van der Waals surface area contributed by atoms with Crippen LogP contribution in [-0.4, -0.2) is 49.7 Å². The summed E-state index contributed by atoms with van der Waals surface area (Å²) in [5.74, 6) is -0.987. The van der Waals surface area contributed by atoms with Gasteiger partial charge in [0.1, 0.15) is 6.04 Å². The van der Waals surface area contributed by atoms with Crippen LogP contribution < -0.4 is 17.2 Å². The normalized spacial score (nSPS) is 11.9. The van der Waals surface area contributed by atoms with Gasteiger partial charge < -0.3 is 22.3 Å². The SMILES string of the molecule is COS(=O)(=O)O.NC(N)=NCCC[C@H](N)C(=O)O. The monoisotopic (exact) mass is 286 g/mol. The molecule has 0 spiro atoms. The molecule has 0 bridgehead atoms. The van der Waals surface area contributed by atoms with Gasteiger partial charge in [-0.25, -0.2) is 0 Å². The lowest BCUT2D eigenvalue weighted by molar-refractivity contribution is -0.138. The Morgan fingerprint density at radius 2 is 1.89 bits per heavy atom. The molecule has 0 radical (unpaired) electrons. The van der Waals surface area contributed by atoms with Gasteiger partial charge in [-0.1, -0.05) is 0 Å². The molecule has 8 N–H and O–H groups in total. The Balaban J connectivity index is 0. The second kappa shape index (κ2) is 9.58. The number of carbonyl (C=O) groups is 1. The van der Waals surface area contributed by atoms with Gasteiger partial charge in [-0.15, -0.1) is 0 Å². The van der Waals surface area contributed by atoms with Crippen LogP contribution in [0.1, 0.15) is 12.8 Å². The number of guanidine groups is 1. The molecule has 18 heavy (non-hydrogen) atoms. The van der Waals surface area contributed by atoms with E-state index in [1.807, 2.05) is 0 Å². The molecule has 10 nitrogen and oxygen atoms in total. The summed E-state index contributed by atoms with van der Waals surface area (Å²) in [5, 5.41) is 8.38. The van der Waals surface area contributed by atoms with Crippen molar-refractivity contribution in [2.75, 3.05) is 13.7 Å². The van der Waals surface area contributed by atoms with Crippen molar-refractivity contribution in [3.8, 4) is 0 Å². The Morgan fingerprint density at radius 3 is 2.17 bits per heavy atom. The van der Waals surface area contributed by atoms with E-state index in [0.29, 0.717) is 19.4 Å². The number of rotatable bonds is 6. The van der Waals surface area contributed by atoms with Crippen molar-refractivity contribution in [3.63, 3.8) is 0 Å². The van der Waals surface area contributed by atoms with Gasteiger partial charge in [0, 0.05) is 6.54 Å². The van der Waals surface area contributed by atoms with Crippen molar-refractivity contribution < 1.29 is 27.1 Å². The van der Waals surface area contributed by atoms with Crippen LogP contribution >= 0.6 is 0 Å². The number of hydrogen-bond donors (Lipinski definition) is 5. The van der Waals surface area contributed by atoms with Crippen LogP contribution in [0.5, 0.6) is 0 Å². The lowest BCUT2D eigenvalue weighted by atomic mass is 10.2. The van der Waals surface area contributed by atoms with Crippen molar-refractivity contribution in [2.45, 2.75) is 18.9 Å². The summed E-state index contributed by atoms with van der Waals surface area (Å²) in [6.45, 7) is 0.420. The summed E-state index contributed by atoms with van der Waals surface area (Å²) < 4.78 is 29.7. The largest absolute Gasteiger partial charge is 0.480 e. The minimum Gasteiger partial charge on any atom is -0.480 e. The summed E-state index contributed by atoms with van der Waals surface area (Å²) in [6, 6.07) is -0.820. The molecule has 0 aliphatic rings. The highest BCUT2D eigenvalue weighted by Crippen LogP contribution is 1.94. The molecule has 0 aromatic rings. The summed E-state index contributed by atoms with van der Waals surface area (Å²) in [7, 11) is -3.29. The summed E-state index contributed by atoms with van der Waals surface area (Å²) in [4.78, 5) is 13.9. The zero-order valence-electron chi connectivity index (χ0n) is 9.81. The predicted octanol–water partition coefficient (Wildman–Crippen LogP) is -2.11. The molecule has 0 saturated carbocycles. The van der Waals surface area contributed by atoms with E-state index in [1.165, 1.54) is 0 Å². The van der Waals surface area contributed by atoms with Crippen molar-refractivity contribution in [2.24, 2.45) is 22.2 Å². The first kappa shape index (κ1) is 18.9. The highest BCUT2D eigenvalue weighted by atomic mass is 32.3. The van der Waals surface area contributed by atoms with E-state index in [2.05, 4.69) is 9.18 Å². The highest BCUT2D eigenvalue weighted by molar-refractivity contribution is 7.80. The van der Waals surface area contributed by atoms with Crippen LogP contribution in [-0.2, 0) is 19.4 Å². The number of carboxylic acids is 1. The Labute approximate surface area is 105 Å². The van der Waals surface area contributed by atoms with Crippen molar-refractivity contribution >= 4 is 22.3 Å². The van der Waals surface area contributed by atoms with E-state index in [1.54, 1.807) is 0 Å². The zero-order valence-corrected chi connectivity index (χ0v) is 10.6. The Kier molecular flexibility index (Phi) is 10.1. The maximum Gasteiger partial charge on any atom is 0.397 e. The second-order valence-electron chi connectivity index (χ2n) is 2.99. The first-order chi connectivity index (χ1) is 8.10. The van der Waals surface area contributed by atoms with Crippen LogP contribution in [0.15, 0.2) is 4.99 Å². The summed E-state index contributed by atoms with van der Waals surface area (Å²) in [5.41, 5.74) is 15.3. The minimum atomic E-state index is -4.16. The van der Waals surface area contributed by atoms with Crippen molar-refractivity contribution in [1.29, 1.82) is 0 Å². The number of carboxylic acid groups (broad SMARTS) is 1. The second-order valence-corrected chi connectivity index (χ2v) is 4.18. The number of hydrogen-bond acceptors (Lipinski definition) is 6. The average Bonchev–Trinajstić information content (AvgIpc) is 2.23. The molecular weight excluding hydrogens is 268 g/mol. The van der Waals surface area contributed by atoms with Gasteiger partial charge in [0.05, 0.1) is 7.11 Å². The molecule has 0 aliphatic heterocycles. The van der Waals surface area contributed by atoms with Crippen LogP contribution in [0.2, 0.25) is 0 Å². The quantitative estimate of drug-likeness (QED) is 0.157. The van der Waals surface area contributed by atoms with E-state index in [4.69, 9.17) is 26.9 Å². The van der Waals surface area contributed by atoms with Gasteiger partial charge in [-0.2, -0.15) is 8.42 Å². The van der Waals surface area contributed by atoms with Crippen molar-refractivity contribution in [1.82, 2.24) is 0 Å². The molecule has 0 rings (SSSR count). The molecule has 11 heteroatoms. The minimum absolute atomic E-state index is 0.0129. The van der Waals surface area contributed by atoms with E-state index in [9.17, 15) is 13.2 Å². The molecule has 0 aromatic carbocycles. The Morgan fingerprint density at radius 1 is 1.44 bits per heavy atom. The zero-order chi connectivity index (χ0) is 14.8. The Hall–Kier alpha value is -1.43. The van der Waals surface area contributed by atoms with E-state index in [0.717, 1.165) is 7.11 Å². The lowest BCUT2D eigenvalue weighted by Crippen LogP contribution is -2.30. The van der Waals surface area contributed by atoms with Crippen LogP contribution in [0.3, 0.4) is 0 Å². The standard InChI is InChI=1S/C6H14N4O2.CH4O4S/c7-4(5(11)12)2-1-3-10-6(8)9;1-5-6(2,3)4/h4H,1-3,7H2,(H,11,12)(H4,8,9,10);1H3,(H,2,3,4)/t4-;/m0./s1. The third kappa shape index (κ3) is 17.0. The first-order valence-electron chi connectivity index (χ1n) is 4.67. The summed E-state index contributed by atoms with van der Waals surface area (Å²) >= 11 is 0. The highest BCUT2D eigenvalue weighted by Gasteiger charge is 2.09. The fraction of sp³-hybridized carbons (Fsp3) is 0.714. The number of aliphatic carboxylic acids is 1. The smallest absolute Gasteiger partial charge is 0.397 e. The van der Waals surface area contributed by atoms with Crippen LogP contribution in [0.25, 0.3) is 0 Å². The first-order valence-corrected chi connectivity index (χ1v) is 6.03. The number of nitrogens with two attached hydrogens (primary N) is 3. The van der Waals surface area contributed by atoms with E-state index < -0.39 is 22.4 Å². The third-order valence-electron chi connectivity index (χ3n) is 1.50. The third-order valence-corrected chi connectivity index (χ3v) is 1.92. The lowest BCUT2D eigenvalue weighted by Gasteiger charge is -2.03. The molecule has 0 saturated heterocycles. The van der Waals surface area contributed by atoms with Crippen LogP contribution in [0.4, 0.5) is 0 Å². The average molecular weight is 286 g/mol. The van der Waals surface area contributed by atoms with Gasteiger partial charge in [0.25, 0.3) is 0 Å². The summed E-state index contributed by atoms with van der Waals surface area (Å²) in [6.07, 6.45) is 0.956. The van der Waals surface area contributed by atoms with E-state index >= 15 is 0 Å². The fourth-order valence-electron chi connectivity index (χ4n) is 0.643. The maximum absolute atomic E-state index is 10.2. The number of aliphatic imine (C=N–C) groups is 1. The Bertz CT molecular complexity index is 364. The van der Waals surface area contributed by atoms with Gasteiger partial charge in [-0.3, -0.25) is 18.5 Å². The molecule has 1 atom stereocenters. The van der Waals surface area contributed by atoms with E-state index in [-0.39, 0.29) is 5.96 Å². The molecule has 0 heterocycles. The molecule has 0 unspecified atom stereocenters. The molecule has 0 aromatic heterocycles. The van der Waals surface area contributed by atoms with Crippen molar-refractivity contribution in [3.05, 3.63) is 0 Å². The topological polar surface area (TPSA) is 191 Å². The van der Waals surface area contributed by atoms with Gasteiger partial charge in [0.2, 0.25) is 0 Å². The molecule has 0 aliphatic carbocycles. The fourth-order valence-corrected chi connectivity index (χ4v) is 0.643. The van der Waals surface area contributed by atoms with Gasteiger partial charge in [-0.05, 0) is 12.8 Å². The van der Waals surface area contributed by atoms with Gasteiger partial charge >= 0.3 is 16.4 Å². The predicted molar refractivity (Wildman–Crippen MR) is 64.1 cm³/mol. The molecule has 0 amide bonds. The van der Waals surface area contributed by atoms with Crippen LogP contribution in [0, 0.1) is 0 Å². The maximum atomic E-state index is 10.2. The van der Waals surface area contributed by atoms with Gasteiger partial charge in [0.15, 0.2) is 5.96 Å². The molecule has 0 fully saturated rings. The molecule has 108 valence electrons. The molecular formula is C7H18N4O6S. The number of nitrogens with zero attached hydrogens (tertiary/aromatic N) is 1.